The molecule has 5 aromatic carbocycles. The molecule has 0 bridgehead atoms. The zero-order valence-corrected chi connectivity index (χ0v) is 71.2. The van der Waals surface area contributed by atoms with Gasteiger partial charge in [0.1, 0.15) is 87.8 Å². The molecule has 620 valence electrons. The highest BCUT2D eigenvalue weighted by molar-refractivity contribution is 5.77. The van der Waals surface area contributed by atoms with Crippen molar-refractivity contribution in [1.82, 2.24) is 14.7 Å². The van der Waals surface area contributed by atoms with Gasteiger partial charge in [0.15, 0.2) is 6.29 Å². The molecule has 1 saturated carbocycles. The highest BCUT2D eigenvalue weighted by Gasteiger charge is 2.21. The molecular weight excluding hydrogens is 1400 g/mol. The molecule has 17 heteroatoms. The molecule has 2 saturated heterocycles. The summed E-state index contributed by atoms with van der Waals surface area (Å²) in [7, 11) is 7.82. The largest absolute Gasteiger partial charge is 0.486 e. The normalized spacial score (nSPS) is 13.9. The van der Waals surface area contributed by atoms with Crippen LogP contribution >= 0.6 is 0 Å². The van der Waals surface area contributed by atoms with Gasteiger partial charge in [0.25, 0.3) is 0 Å². The second-order valence-electron chi connectivity index (χ2n) is 28.5. The third-order valence-corrected chi connectivity index (χ3v) is 16.8. The second-order valence-corrected chi connectivity index (χ2v) is 28.5. The summed E-state index contributed by atoms with van der Waals surface area (Å²) in [6.07, 6.45) is 33.7. The Bertz CT molecular complexity index is 3080. The summed E-state index contributed by atoms with van der Waals surface area (Å²) < 4.78 is 5.27. The fourth-order valence-electron chi connectivity index (χ4n) is 10.3. The molecule has 5 aromatic rings. The summed E-state index contributed by atoms with van der Waals surface area (Å²) in [5.74, 6) is 3.87. The number of para-hydroxylation sites is 1. The number of hydrogen-bond acceptors (Lipinski definition) is 17. The molecule has 0 aromatic heterocycles. The minimum atomic E-state index is 0.140. The Morgan fingerprint density at radius 1 is 0.450 bits per heavy atom. The molecule has 0 spiro atoms. The molecule has 0 amide bonds. The van der Waals surface area contributed by atoms with E-state index in [1.54, 1.807) is 0 Å². The lowest BCUT2D eigenvalue weighted by Gasteiger charge is -2.31. The number of ether oxygens (including phenoxy) is 1. The number of aryl methyl sites for hydroxylation is 6. The van der Waals surface area contributed by atoms with E-state index in [4.69, 9.17) is 4.74 Å². The van der Waals surface area contributed by atoms with Crippen LogP contribution in [0, 0.1) is 41.4 Å². The Morgan fingerprint density at radius 2 is 0.946 bits per heavy atom. The van der Waals surface area contributed by atoms with Crippen LogP contribution in [0.1, 0.15) is 251 Å². The maximum Gasteiger partial charge on any atom is 0.157 e. The van der Waals surface area contributed by atoms with Gasteiger partial charge in [0.2, 0.25) is 0 Å². The topological polar surface area (TPSA) is 241 Å². The SMILES string of the molecule is CC(C)C=O.CC(C)CC(C)C=O.CC1CCC(C=O)CC1.CCC=O.CCCC=O.CCCCc1ccccc1C=O.CCCc1cccc(C=O)c1.CCCc1ccccc1OCC=O.CCc1cccc(C=O)c1.CCc1ccccc1CCC=O.CN(C)CC=O.CN1CC(C=O)C1.CN1CCC(C=O)CC1. The summed E-state index contributed by atoms with van der Waals surface area (Å²) in [6.45, 7) is 31.4. The van der Waals surface area contributed by atoms with Gasteiger partial charge in [0.05, 0.1) is 6.54 Å². The monoisotopic (exact) mass is 1540 g/mol. The number of nitrogens with zero attached hydrogens (tertiary/aromatic N) is 3. The highest BCUT2D eigenvalue weighted by atomic mass is 16.5. The highest BCUT2D eigenvalue weighted by Crippen LogP contribution is 2.26. The molecule has 1 aliphatic carbocycles. The van der Waals surface area contributed by atoms with Gasteiger partial charge in [-0.3, -0.25) is 19.2 Å². The number of unbranched alkanes of at least 4 members (excludes halogenated alkanes) is 2. The average Bonchev–Trinajstić information content (AvgIpc) is 0.895. The molecule has 0 radical (unpaired) electrons. The molecule has 2 heterocycles. The summed E-state index contributed by atoms with van der Waals surface area (Å²) in [5.41, 5.74) is 9.86. The molecule has 1 unspecified atom stereocenters. The van der Waals surface area contributed by atoms with Crippen LogP contribution in [0.25, 0.3) is 0 Å². The molecule has 3 aliphatic rings. The molecule has 3 fully saturated rings. The summed E-state index contributed by atoms with van der Waals surface area (Å²) >= 11 is 0. The molecular formula is C94H145N3O14. The first-order valence-electron chi connectivity index (χ1n) is 40.2. The predicted molar refractivity (Wildman–Crippen MR) is 458 cm³/mol. The number of benzene rings is 5. The Hall–Kier alpha value is -8.51. The second kappa shape index (κ2) is 81.0. The van der Waals surface area contributed by atoms with Gasteiger partial charge in [-0.1, -0.05) is 225 Å². The van der Waals surface area contributed by atoms with Crippen LogP contribution in [0.2, 0.25) is 0 Å². The fraction of sp³-hybridized carbons (Fsp3) is 0.543. The molecule has 1 atom stereocenters. The van der Waals surface area contributed by atoms with Crippen LogP contribution in [0.4, 0.5) is 0 Å². The minimum absolute atomic E-state index is 0.140. The maximum absolute atomic E-state index is 10.6. The Labute approximate surface area is 671 Å². The number of rotatable bonds is 30. The van der Waals surface area contributed by atoms with Gasteiger partial charge < -0.3 is 62.6 Å². The van der Waals surface area contributed by atoms with Crippen molar-refractivity contribution in [2.45, 2.75) is 225 Å². The first kappa shape index (κ1) is 111. The first-order chi connectivity index (χ1) is 53.4. The average molecular weight is 1540 g/mol. The lowest BCUT2D eigenvalue weighted by molar-refractivity contribution is -0.115. The van der Waals surface area contributed by atoms with E-state index in [0.29, 0.717) is 49.5 Å². The van der Waals surface area contributed by atoms with Gasteiger partial charge in [-0.05, 0) is 188 Å². The Morgan fingerprint density at radius 3 is 1.32 bits per heavy atom. The third-order valence-electron chi connectivity index (χ3n) is 16.8. The van der Waals surface area contributed by atoms with Gasteiger partial charge in [-0.2, -0.15) is 0 Å². The Kier molecular flexibility index (Phi) is 81.0. The summed E-state index contributed by atoms with van der Waals surface area (Å²) in [5, 5.41) is 0. The Balaban J connectivity index is -0.000000370. The quantitative estimate of drug-likeness (QED) is 0.0388. The third kappa shape index (κ3) is 69.2. The number of carbonyl (C=O) groups is 13. The maximum atomic E-state index is 10.6. The fourth-order valence-corrected chi connectivity index (χ4v) is 10.3. The molecule has 8 rings (SSSR count). The summed E-state index contributed by atoms with van der Waals surface area (Å²) in [4.78, 5) is 136. The van der Waals surface area contributed by atoms with Crippen LogP contribution < -0.4 is 4.74 Å². The van der Waals surface area contributed by atoms with Crippen LogP contribution in [-0.4, -0.2) is 164 Å². The van der Waals surface area contributed by atoms with Gasteiger partial charge in [0, 0.05) is 78.6 Å². The minimum Gasteiger partial charge on any atom is -0.486 e. The zero-order valence-electron chi connectivity index (χ0n) is 71.2. The van der Waals surface area contributed by atoms with E-state index < -0.39 is 0 Å². The lowest BCUT2D eigenvalue weighted by atomic mass is 9.84. The van der Waals surface area contributed by atoms with E-state index in [0.717, 1.165) is 233 Å². The first-order valence-corrected chi connectivity index (χ1v) is 40.2. The van der Waals surface area contributed by atoms with Crippen molar-refractivity contribution in [1.29, 1.82) is 0 Å². The lowest BCUT2D eigenvalue weighted by Crippen LogP contribution is -2.44. The number of likely N-dealkylation sites (N-methyl/N-ethyl adjacent to an activating group) is 1. The van der Waals surface area contributed by atoms with Crippen molar-refractivity contribution >= 4 is 81.7 Å². The smallest absolute Gasteiger partial charge is 0.157 e. The van der Waals surface area contributed by atoms with E-state index in [2.05, 4.69) is 90.4 Å². The molecule has 0 N–H and O–H groups in total. The number of hydrogen-bond donors (Lipinski definition) is 0. The van der Waals surface area contributed by atoms with Gasteiger partial charge >= 0.3 is 0 Å². The van der Waals surface area contributed by atoms with Gasteiger partial charge in [-0.15, -0.1) is 0 Å². The van der Waals surface area contributed by atoms with Crippen molar-refractivity contribution in [3.05, 3.63) is 171 Å². The summed E-state index contributed by atoms with van der Waals surface area (Å²) in [6, 6.07) is 39.3. The van der Waals surface area contributed by atoms with Crippen molar-refractivity contribution in [2.24, 2.45) is 41.4 Å². The van der Waals surface area contributed by atoms with Crippen molar-refractivity contribution < 1.29 is 67.1 Å². The zero-order chi connectivity index (χ0) is 84.7. The number of carbonyl (C=O) groups excluding carboxylic acids is 13. The van der Waals surface area contributed by atoms with Crippen LogP contribution in [0.5, 0.6) is 5.75 Å². The standard InChI is InChI=1S/C11H14O2.2C11H14O.C10H12O.C9H10O.C8H14O.C7H13NO.C7H14O.C5H9NO.C4H9NO.2C4H8O.C3H6O/c1-2-5-10-6-3-4-7-11(10)13-9-8-12;1-2-10-6-3-4-7-11(10)8-5-9-12;1-2-3-6-10-7-4-5-8-11(10)9-12;1-2-4-9-5-3-6-10(7-9)8-11;1-2-8-4-3-5-9(6-8)7-10;1-7-2-4-8(6-9)5-3-7;1-8-4-2-7(6-9)3-5-8;1-6(2)4-7(3)5-8;1-6-2-5(3-6)4-7;1-5(2)3-4-6;1-4(2)3-5;1-2-3-4-5;1-2-3-4/h3-4,6-8H,2,5,9H2,1H3;3-4,6-7,9H,2,5,8H2,1H3;4-5,7-9H,2-3,6H2,1H3;3,5-8H,2,4H2,1H3;3-7H,2H2,1H3;6-8H,2-5H2,1H3;6-7H,2-5H2,1H3;5-7H,4H2,1-3H3;4-5H,2-3H2,1H3;4H,3H2,1-2H3;3-4H,1-2H3;4H,2-3H2,1H3;3H,2H2,1H3. The van der Waals surface area contributed by atoms with Crippen molar-refractivity contribution in [3.63, 3.8) is 0 Å². The van der Waals surface area contributed by atoms with Crippen LogP contribution in [0.3, 0.4) is 0 Å². The van der Waals surface area contributed by atoms with E-state index in [9.17, 15) is 62.3 Å². The van der Waals surface area contributed by atoms with E-state index in [1.807, 2.05) is 164 Å². The predicted octanol–water partition coefficient (Wildman–Crippen LogP) is 18.3. The van der Waals surface area contributed by atoms with Crippen molar-refractivity contribution in [3.8, 4) is 5.75 Å². The van der Waals surface area contributed by atoms with E-state index in [-0.39, 0.29) is 18.4 Å². The van der Waals surface area contributed by atoms with E-state index in [1.165, 1.54) is 52.6 Å². The molecule has 111 heavy (non-hydrogen) atoms. The van der Waals surface area contributed by atoms with Crippen LogP contribution in [-0.2, 0) is 86.5 Å². The molecule has 2 aliphatic heterocycles. The number of likely N-dealkylation sites (tertiary alicyclic amines) is 2. The van der Waals surface area contributed by atoms with Gasteiger partial charge in [-0.25, -0.2) is 0 Å². The number of aldehydes is 13. The number of piperidine rings is 1. The van der Waals surface area contributed by atoms with E-state index >= 15 is 0 Å². The van der Waals surface area contributed by atoms with Crippen molar-refractivity contribution in [2.75, 3.05) is 67.5 Å². The van der Waals surface area contributed by atoms with Crippen LogP contribution in [0.15, 0.2) is 121 Å². The molecule has 17 nitrogen and oxygen atoms in total.